The topological polar surface area (TPSA) is 32.3 Å². The predicted octanol–water partition coefficient (Wildman–Crippen LogP) is 4.46. The Labute approximate surface area is 134 Å². The number of rotatable bonds is 5. The normalized spacial score (nSPS) is 10.2. The molecule has 0 fully saturated rings. The van der Waals surface area contributed by atoms with Crippen molar-refractivity contribution in [1.82, 2.24) is 0 Å². The maximum Gasteiger partial charge on any atom is 0.226 e. The van der Waals surface area contributed by atoms with Gasteiger partial charge in [-0.25, -0.2) is 0 Å². The molecule has 0 aliphatic heterocycles. The minimum Gasteiger partial charge on any atom is -0.374 e. The van der Waals surface area contributed by atoms with E-state index in [4.69, 9.17) is 23.2 Å². The average Bonchev–Trinajstić information content (AvgIpc) is 2.48. The second-order valence-electron chi connectivity index (χ2n) is 4.68. The molecule has 0 heterocycles. The largest absolute Gasteiger partial charge is 0.374 e. The van der Waals surface area contributed by atoms with E-state index in [1.54, 1.807) is 18.2 Å². The fourth-order valence-electron chi connectivity index (χ4n) is 1.88. The van der Waals surface area contributed by atoms with Gasteiger partial charge in [0.25, 0.3) is 0 Å². The molecule has 0 aliphatic rings. The average molecular weight is 323 g/mol. The highest BCUT2D eigenvalue weighted by Gasteiger charge is 2.08. The van der Waals surface area contributed by atoms with Gasteiger partial charge in [-0.1, -0.05) is 41.4 Å². The lowest BCUT2D eigenvalue weighted by atomic mass is 10.2. The maximum atomic E-state index is 12.0. The van der Waals surface area contributed by atoms with E-state index in [-0.39, 0.29) is 5.91 Å². The molecule has 2 rings (SSSR count). The summed E-state index contributed by atoms with van der Waals surface area (Å²) in [7, 11) is 1.96. The molecule has 3 nitrogen and oxygen atoms in total. The smallest absolute Gasteiger partial charge is 0.226 e. The lowest BCUT2D eigenvalue weighted by Gasteiger charge is -2.18. The van der Waals surface area contributed by atoms with Gasteiger partial charge in [0.15, 0.2) is 0 Å². The molecule has 110 valence electrons. The highest BCUT2D eigenvalue weighted by Crippen LogP contribution is 2.25. The standard InChI is InChI=1S/C16H16Cl2N2O/c1-20(13-5-3-2-4-6-13)10-9-16(21)19-15-8-7-12(17)11-14(15)18/h2-8,11H,9-10H2,1H3,(H,19,21). The molecular formula is C16H16Cl2N2O. The van der Waals surface area contributed by atoms with E-state index in [9.17, 15) is 4.79 Å². The third-order valence-corrected chi connectivity index (χ3v) is 3.62. The molecule has 0 aromatic heterocycles. The van der Waals surface area contributed by atoms with Gasteiger partial charge in [0.1, 0.15) is 0 Å². The van der Waals surface area contributed by atoms with E-state index in [0.717, 1.165) is 5.69 Å². The predicted molar refractivity (Wildman–Crippen MR) is 89.4 cm³/mol. The molecule has 21 heavy (non-hydrogen) atoms. The second kappa shape index (κ2) is 7.34. The summed E-state index contributed by atoms with van der Waals surface area (Å²) in [4.78, 5) is 14.0. The summed E-state index contributed by atoms with van der Waals surface area (Å²) < 4.78 is 0. The van der Waals surface area contributed by atoms with Gasteiger partial charge in [-0.3, -0.25) is 4.79 Å². The van der Waals surface area contributed by atoms with E-state index in [0.29, 0.717) is 28.7 Å². The van der Waals surface area contributed by atoms with Crippen LogP contribution in [0.15, 0.2) is 48.5 Å². The molecule has 0 saturated heterocycles. The number of hydrogen-bond acceptors (Lipinski definition) is 2. The minimum absolute atomic E-state index is 0.0815. The van der Waals surface area contributed by atoms with Crippen molar-refractivity contribution in [2.45, 2.75) is 6.42 Å². The van der Waals surface area contributed by atoms with Gasteiger partial charge in [-0.05, 0) is 30.3 Å². The summed E-state index contributed by atoms with van der Waals surface area (Å²) in [5.74, 6) is -0.0815. The molecule has 0 spiro atoms. The molecule has 0 atom stereocenters. The second-order valence-corrected chi connectivity index (χ2v) is 5.52. The zero-order chi connectivity index (χ0) is 15.2. The van der Waals surface area contributed by atoms with Crippen LogP contribution in [0, 0.1) is 0 Å². The van der Waals surface area contributed by atoms with Crippen molar-refractivity contribution >= 4 is 40.5 Å². The Kier molecular flexibility index (Phi) is 5.48. The Hall–Kier alpha value is -1.71. The van der Waals surface area contributed by atoms with Crippen LogP contribution in [-0.2, 0) is 4.79 Å². The fraction of sp³-hybridized carbons (Fsp3) is 0.188. The van der Waals surface area contributed by atoms with E-state index >= 15 is 0 Å². The van der Waals surface area contributed by atoms with Crippen molar-refractivity contribution in [3.8, 4) is 0 Å². The third kappa shape index (κ3) is 4.66. The summed E-state index contributed by atoms with van der Waals surface area (Å²) in [5.41, 5.74) is 1.66. The third-order valence-electron chi connectivity index (χ3n) is 3.08. The number of nitrogens with zero attached hydrogens (tertiary/aromatic N) is 1. The number of hydrogen-bond donors (Lipinski definition) is 1. The van der Waals surface area contributed by atoms with Crippen molar-refractivity contribution in [3.63, 3.8) is 0 Å². The monoisotopic (exact) mass is 322 g/mol. The van der Waals surface area contributed by atoms with Gasteiger partial charge in [0.2, 0.25) is 5.91 Å². The molecule has 1 N–H and O–H groups in total. The van der Waals surface area contributed by atoms with Crippen molar-refractivity contribution in [2.75, 3.05) is 23.8 Å². The summed E-state index contributed by atoms with van der Waals surface area (Å²) >= 11 is 11.8. The fourth-order valence-corrected chi connectivity index (χ4v) is 2.34. The summed E-state index contributed by atoms with van der Waals surface area (Å²) in [5, 5.41) is 3.77. The van der Waals surface area contributed by atoms with Gasteiger partial charge in [-0.15, -0.1) is 0 Å². The van der Waals surface area contributed by atoms with Crippen molar-refractivity contribution in [2.24, 2.45) is 0 Å². The van der Waals surface area contributed by atoms with Gasteiger partial charge in [-0.2, -0.15) is 0 Å². The first-order chi connectivity index (χ1) is 10.1. The lowest BCUT2D eigenvalue weighted by molar-refractivity contribution is -0.116. The van der Waals surface area contributed by atoms with E-state index in [2.05, 4.69) is 5.32 Å². The first kappa shape index (κ1) is 15.7. The number of amides is 1. The molecule has 0 bridgehead atoms. The van der Waals surface area contributed by atoms with E-state index in [1.807, 2.05) is 42.3 Å². The van der Waals surface area contributed by atoms with Crippen molar-refractivity contribution in [1.29, 1.82) is 0 Å². The van der Waals surface area contributed by atoms with Crippen LogP contribution in [-0.4, -0.2) is 19.5 Å². The van der Waals surface area contributed by atoms with Gasteiger partial charge < -0.3 is 10.2 Å². The number of carbonyl (C=O) groups excluding carboxylic acids is 1. The van der Waals surface area contributed by atoms with Crippen LogP contribution in [0.2, 0.25) is 10.0 Å². The Morgan fingerprint density at radius 2 is 1.86 bits per heavy atom. The van der Waals surface area contributed by atoms with Crippen LogP contribution in [0.25, 0.3) is 0 Å². The number of halogens is 2. The Morgan fingerprint density at radius 1 is 1.14 bits per heavy atom. The zero-order valence-electron chi connectivity index (χ0n) is 11.6. The van der Waals surface area contributed by atoms with Crippen LogP contribution in [0.5, 0.6) is 0 Å². The Balaban J connectivity index is 1.87. The molecule has 0 unspecified atom stereocenters. The zero-order valence-corrected chi connectivity index (χ0v) is 13.2. The molecule has 5 heteroatoms. The summed E-state index contributed by atoms with van der Waals surface area (Å²) in [6.07, 6.45) is 0.379. The van der Waals surface area contributed by atoms with Crippen LogP contribution < -0.4 is 10.2 Å². The molecule has 2 aromatic carbocycles. The van der Waals surface area contributed by atoms with Crippen LogP contribution in [0.1, 0.15) is 6.42 Å². The number of para-hydroxylation sites is 1. The Bertz CT molecular complexity index is 617. The van der Waals surface area contributed by atoms with Crippen LogP contribution >= 0.6 is 23.2 Å². The molecule has 0 aliphatic carbocycles. The van der Waals surface area contributed by atoms with Gasteiger partial charge >= 0.3 is 0 Å². The van der Waals surface area contributed by atoms with Crippen LogP contribution in [0.3, 0.4) is 0 Å². The van der Waals surface area contributed by atoms with Crippen molar-refractivity contribution in [3.05, 3.63) is 58.6 Å². The minimum atomic E-state index is -0.0815. The maximum absolute atomic E-state index is 12.0. The Morgan fingerprint density at radius 3 is 2.52 bits per heavy atom. The highest BCUT2D eigenvalue weighted by molar-refractivity contribution is 6.36. The molecule has 1 amide bonds. The summed E-state index contributed by atoms with van der Waals surface area (Å²) in [6.45, 7) is 0.626. The highest BCUT2D eigenvalue weighted by atomic mass is 35.5. The molecule has 2 aromatic rings. The molecule has 0 radical (unpaired) electrons. The van der Waals surface area contributed by atoms with Gasteiger partial charge in [0.05, 0.1) is 10.7 Å². The first-order valence-corrected chi connectivity index (χ1v) is 7.33. The quantitative estimate of drug-likeness (QED) is 0.881. The SMILES string of the molecule is CN(CCC(=O)Nc1ccc(Cl)cc1Cl)c1ccccc1. The molecular weight excluding hydrogens is 307 g/mol. The molecule has 0 saturated carbocycles. The number of anilines is 2. The van der Waals surface area contributed by atoms with Gasteiger partial charge in [0, 0.05) is 30.7 Å². The number of benzene rings is 2. The lowest BCUT2D eigenvalue weighted by Crippen LogP contribution is -2.23. The van der Waals surface area contributed by atoms with E-state index in [1.165, 1.54) is 0 Å². The summed E-state index contributed by atoms with van der Waals surface area (Å²) in [6, 6.07) is 14.9. The number of carbonyl (C=O) groups is 1. The van der Waals surface area contributed by atoms with E-state index < -0.39 is 0 Å². The first-order valence-electron chi connectivity index (χ1n) is 6.57. The van der Waals surface area contributed by atoms with Crippen LogP contribution in [0.4, 0.5) is 11.4 Å². The van der Waals surface area contributed by atoms with Crippen molar-refractivity contribution < 1.29 is 4.79 Å². The number of nitrogens with one attached hydrogen (secondary N) is 1.